The van der Waals surface area contributed by atoms with Crippen molar-refractivity contribution < 1.29 is 9.59 Å². The molecule has 3 aromatic rings. The number of nitrogens with zero attached hydrogens (tertiary/aromatic N) is 1. The Hall–Kier alpha value is -2.79. The summed E-state index contributed by atoms with van der Waals surface area (Å²) in [4.78, 5) is 27.2. The van der Waals surface area contributed by atoms with Gasteiger partial charge in [-0.3, -0.25) is 9.59 Å². The molecule has 0 bridgehead atoms. The summed E-state index contributed by atoms with van der Waals surface area (Å²) in [5.74, 6) is 0.559. The Labute approximate surface area is 167 Å². The van der Waals surface area contributed by atoms with Crippen molar-refractivity contribution in [2.75, 3.05) is 11.1 Å². The second-order valence-electron chi connectivity index (χ2n) is 7.29. The molecule has 5 heteroatoms. The van der Waals surface area contributed by atoms with Crippen LogP contribution >= 0.6 is 11.8 Å². The largest absolute Gasteiger partial charge is 0.324 e. The number of rotatable bonds is 3. The van der Waals surface area contributed by atoms with Gasteiger partial charge in [0, 0.05) is 17.9 Å². The van der Waals surface area contributed by atoms with Crippen LogP contribution in [0, 0.1) is 0 Å². The molecule has 140 valence electrons. The average molecular weight is 388 g/mol. The van der Waals surface area contributed by atoms with Gasteiger partial charge in [0.1, 0.15) is 10.9 Å². The number of anilines is 1. The van der Waals surface area contributed by atoms with E-state index >= 15 is 0 Å². The lowest BCUT2D eigenvalue weighted by Crippen LogP contribution is -2.48. The smallest absolute Gasteiger partial charge is 0.248 e. The van der Waals surface area contributed by atoms with Gasteiger partial charge in [-0.2, -0.15) is 0 Å². The highest BCUT2D eigenvalue weighted by molar-refractivity contribution is 8.00. The molecular formula is C23H20N2O2S. The van der Waals surface area contributed by atoms with Crippen molar-refractivity contribution >= 4 is 40.0 Å². The minimum atomic E-state index is -0.452. The van der Waals surface area contributed by atoms with E-state index in [0.717, 1.165) is 28.4 Å². The molecule has 2 aliphatic rings. The number of fused-ring (bicyclic) bond motifs is 2. The van der Waals surface area contributed by atoms with Crippen LogP contribution < -0.4 is 5.32 Å². The van der Waals surface area contributed by atoms with Crippen molar-refractivity contribution in [1.29, 1.82) is 0 Å². The van der Waals surface area contributed by atoms with Gasteiger partial charge in [-0.15, -0.1) is 11.8 Å². The molecule has 0 unspecified atom stereocenters. The van der Waals surface area contributed by atoms with Crippen LogP contribution in [-0.4, -0.2) is 28.5 Å². The summed E-state index contributed by atoms with van der Waals surface area (Å²) in [5.41, 5.74) is 1.87. The first-order chi connectivity index (χ1) is 13.7. The van der Waals surface area contributed by atoms with Crippen molar-refractivity contribution in [1.82, 2.24) is 4.90 Å². The molecule has 2 fully saturated rings. The maximum absolute atomic E-state index is 13.1. The van der Waals surface area contributed by atoms with Gasteiger partial charge in [-0.1, -0.05) is 60.7 Å². The molecule has 0 saturated carbocycles. The summed E-state index contributed by atoms with van der Waals surface area (Å²) in [6.45, 7) is 0. The first-order valence-corrected chi connectivity index (χ1v) is 10.5. The third-order valence-corrected chi connectivity index (χ3v) is 7.27. The Balaban J connectivity index is 1.43. The maximum atomic E-state index is 13.1. The summed E-state index contributed by atoms with van der Waals surface area (Å²) in [5, 5.41) is 5.25. The average Bonchev–Trinajstić information content (AvgIpc) is 3.28. The molecular weight excluding hydrogens is 368 g/mol. The van der Waals surface area contributed by atoms with Crippen LogP contribution in [0.25, 0.3) is 10.8 Å². The van der Waals surface area contributed by atoms with Gasteiger partial charge in [-0.05, 0) is 34.9 Å². The van der Waals surface area contributed by atoms with Crippen LogP contribution in [0.15, 0.2) is 72.8 Å². The van der Waals surface area contributed by atoms with Gasteiger partial charge in [0.25, 0.3) is 0 Å². The SMILES string of the molecule is O=C(Nc1ccc2ccccc2c1)[C@H]1CS[C@@]2(c3ccccc3)CCC(=O)N12. The van der Waals surface area contributed by atoms with Crippen LogP contribution in [-0.2, 0) is 14.5 Å². The van der Waals surface area contributed by atoms with Gasteiger partial charge in [-0.25, -0.2) is 0 Å². The van der Waals surface area contributed by atoms with E-state index in [0.29, 0.717) is 12.2 Å². The number of hydrogen-bond donors (Lipinski definition) is 1. The summed E-state index contributed by atoms with van der Waals surface area (Å²) in [6.07, 6.45) is 1.24. The molecule has 4 nitrogen and oxygen atoms in total. The lowest BCUT2D eigenvalue weighted by Gasteiger charge is -2.34. The topological polar surface area (TPSA) is 49.4 Å². The van der Waals surface area contributed by atoms with E-state index < -0.39 is 10.9 Å². The van der Waals surface area contributed by atoms with E-state index in [2.05, 4.69) is 17.4 Å². The van der Waals surface area contributed by atoms with E-state index in [1.54, 1.807) is 11.8 Å². The van der Waals surface area contributed by atoms with E-state index in [9.17, 15) is 9.59 Å². The Morgan fingerprint density at radius 1 is 1.00 bits per heavy atom. The van der Waals surface area contributed by atoms with E-state index in [4.69, 9.17) is 0 Å². The Morgan fingerprint density at radius 2 is 1.75 bits per heavy atom. The summed E-state index contributed by atoms with van der Waals surface area (Å²) in [7, 11) is 0. The zero-order valence-electron chi connectivity index (χ0n) is 15.3. The molecule has 28 heavy (non-hydrogen) atoms. The van der Waals surface area contributed by atoms with E-state index in [-0.39, 0.29) is 11.8 Å². The first-order valence-electron chi connectivity index (χ1n) is 9.49. The van der Waals surface area contributed by atoms with Crippen LogP contribution in [0.1, 0.15) is 18.4 Å². The molecule has 2 saturated heterocycles. The molecule has 2 amide bonds. The van der Waals surface area contributed by atoms with E-state index in [1.807, 2.05) is 65.6 Å². The molecule has 2 atom stereocenters. The second-order valence-corrected chi connectivity index (χ2v) is 8.59. The minimum Gasteiger partial charge on any atom is -0.324 e. The van der Waals surface area contributed by atoms with Crippen molar-refractivity contribution in [3.05, 3.63) is 78.4 Å². The Bertz CT molecular complexity index is 1070. The van der Waals surface area contributed by atoms with Gasteiger partial charge in [0.05, 0.1) is 0 Å². The van der Waals surface area contributed by atoms with Crippen molar-refractivity contribution in [2.45, 2.75) is 23.8 Å². The van der Waals surface area contributed by atoms with Crippen LogP contribution in [0.3, 0.4) is 0 Å². The maximum Gasteiger partial charge on any atom is 0.248 e. The number of nitrogens with one attached hydrogen (secondary N) is 1. The zero-order chi connectivity index (χ0) is 19.1. The van der Waals surface area contributed by atoms with Crippen molar-refractivity contribution in [2.24, 2.45) is 0 Å². The van der Waals surface area contributed by atoms with E-state index in [1.165, 1.54) is 0 Å². The molecule has 1 N–H and O–H groups in total. The molecule has 0 aliphatic carbocycles. The highest BCUT2D eigenvalue weighted by Crippen LogP contribution is 2.54. The van der Waals surface area contributed by atoms with Crippen LogP contribution in [0.5, 0.6) is 0 Å². The highest BCUT2D eigenvalue weighted by atomic mass is 32.2. The summed E-state index contributed by atoms with van der Waals surface area (Å²) in [6, 6.07) is 23.6. The number of carbonyl (C=O) groups excluding carboxylic acids is 2. The number of carbonyl (C=O) groups is 2. The number of thioether (sulfide) groups is 1. The zero-order valence-corrected chi connectivity index (χ0v) is 16.1. The van der Waals surface area contributed by atoms with Crippen molar-refractivity contribution in [3.8, 4) is 0 Å². The molecule has 2 heterocycles. The molecule has 2 aliphatic heterocycles. The molecule has 3 aromatic carbocycles. The van der Waals surface area contributed by atoms with Crippen LogP contribution in [0.4, 0.5) is 5.69 Å². The monoisotopic (exact) mass is 388 g/mol. The third-order valence-electron chi connectivity index (χ3n) is 5.67. The molecule has 0 spiro atoms. The second kappa shape index (κ2) is 6.67. The molecule has 0 radical (unpaired) electrons. The van der Waals surface area contributed by atoms with Gasteiger partial charge in [0.15, 0.2) is 0 Å². The van der Waals surface area contributed by atoms with Crippen LogP contribution in [0.2, 0.25) is 0 Å². The molecule has 0 aromatic heterocycles. The van der Waals surface area contributed by atoms with Crippen molar-refractivity contribution in [3.63, 3.8) is 0 Å². The fraction of sp³-hybridized carbons (Fsp3) is 0.217. The summed E-state index contributed by atoms with van der Waals surface area (Å²) < 4.78 is 0. The lowest BCUT2D eigenvalue weighted by molar-refractivity contribution is -0.136. The fourth-order valence-corrected chi connectivity index (χ4v) is 5.98. The minimum absolute atomic E-state index is 0.0625. The molecule has 5 rings (SSSR count). The Morgan fingerprint density at radius 3 is 2.57 bits per heavy atom. The number of hydrogen-bond acceptors (Lipinski definition) is 3. The first kappa shape index (κ1) is 17.3. The predicted molar refractivity (Wildman–Crippen MR) is 113 cm³/mol. The highest BCUT2D eigenvalue weighted by Gasteiger charge is 2.56. The number of benzene rings is 3. The normalized spacial score (nSPS) is 23.8. The standard InChI is InChI=1S/C23H20N2O2S/c26-21-12-13-23(18-8-2-1-3-9-18)25(21)20(15-28-23)22(27)24-19-11-10-16-6-4-5-7-17(16)14-19/h1-11,14,20H,12-13,15H2,(H,24,27)/t20-,23-/m1/s1. The fourth-order valence-electron chi connectivity index (χ4n) is 4.33. The third kappa shape index (κ3) is 2.69. The predicted octanol–water partition coefficient (Wildman–Crippen LogP) is 4.37. The van der Waals surface area contributed by atoms with Gasteiger partial charge in [0.2, 0.25) is 11.8 Å². The van der Waals surface area contributed by atoms with Gasteiger partial charge >= 0.3 is 0 Å². The Kier molecular flexibility index (Phi) is 4.13. The number of amides is 2. The van der Waals surface area contributed by atoms with Gasteiger partial charge < -0.3 is 10.2 Å². The summed E-state index contributed by atoms with van der Waals surface area (Å²) >= 11 is 1.71. The quantitative estimate of drug-likeness (QED) is 0.725. The lowest BCUT2D eigenvalue weighted by atomic mass is 10.0.